The molecule has 6 nitrogen and oxygen atoms in total. The van der Waals surface area contributed by atoms with E-state index in [1.165, 1.54) is 0 Å². The van der Waals surface area contributed by atoms with Gasteiger partial charge in [-0.25, -0.2) is 4.79 Å². The number of carbonyl (C=O) groups is 1. The third-order valence-electron chi connectivity index (χ3n) is 0.824. The normalized spacial score (nSPS) is 7.15. The van der Waals surface area contributed by atoms with Gasteiger partial charge in [0.05, 0.1) is 19.6 Å². The molecule has 0 spiro atoms. The lowest BCUT2D eigenvalue weighted by molar-refractivity contribution is -0.130. The summed E-state index contributed by atoms with van der Waals surface area (Å²) in [6.07, 6.45) is 3.25. The van der Waals surface area contributed by atoms with Crippen LogP contribution in [0.1, 0.15) is 0 Å². The fraction of sp³-hybridized carbons (Fsp3) is 0.143. The maximum atomic E-state index is 9.58. The monoisotopic (exact) mass is 188 g/mol. The molecule has 0 saturated carbocycles. The van der Waals surface area contributed by atoms with Crippen LogP contribution in [0.4, 0.5) is 0 Å². The van der Waals surface area contributed by atoms with Gasteiger partial charge in [-0.1, -0.05) is 0 Å². The Bertz CT molecular complexity index is 215. The minimum atomic E-state index is -1.34. The number of aliphatic carboxylic acids is 1. The molecule has 1 heterocycles. The third kappa shape index (κ3) is 8.08. The van der Waals surface area contributed by atoms with Crippen LogP contribution < -0.4 is 6.15 Å². The summed E-state index contributed by atoms with van der Waals surface area (Å²) in [6.45, 7) is 0. The molecule has 1 aromatic heterocycles. The molecular formula is C7H12N2O4. The zero-order valence-electron chi connectivity index (χ0n) is 7.19. The average molecular weight is 188 g/mol. The van der Waals surface area contributed by atoms with Gasteiger partial charge in [-0.2, -0.15) is 0 Å². The summed E-state index contributed by atoms with van der Waals surface area (Å²) < 4.78 is 8.58. The number of ether oxygens (including phenoxy) is 1. The van der Waals surface area contributed by atoms with E-state index in [4.69, 9.17) is 10.5 Å². The van der Waals surface area contributed by atoms with Gasteiger partial charge in [0.2, 0.25) is 0 Å². The van der Waals surface area contributed by atoms with Crippen LogP contribution in [0.2, 0.25) is 0 Å². The van der Waals surface area contributed by atoms with E-state index in [0.717, 1.165) is 7.11 Å². The van der Waals surface area contributed by atoms with Crippen LogP contribution in [0, 0.1) is 5.41 Å². The lowest BCUT2D eigenvalue weighted by atomic mass is 10.7. The molecule has 0 atom stereocenters. The molecule has 0 aliphatic rings. The van der Waals surface area contributed by atoms with E-state index in [9.17, 15) is 4.79 Å². The number of methoxy groups -OCH3 is 1. The Balaban J connectivity index is 0. The van der Waals surface area contributed by atoms with E-state index >= 15 is 0 Å². The summed E-state index contributed by atoms with van der Waals surface area (Å²) in [5, 5.41) is 14.2. The van der Waals surface area contributed by atoms with Crippen LogP contribution >= 0.6 is 0 Å². The maximum Gasteiger partial charge on any atom is 0.391 e. The van der Waals surface area contributed by atoms with E-state index in [1.54, 1.807) is 12.5 Å². The first-order valence-electron chi connectivity index (χ1n) is 3.01. The highest BCUT2D eigenvalue weighted by molar-refractivity contribution is 6.30. The largest absolute Gasteiger partial charge is 0.476 e. The number of carboxylic acids is 1. The van der Waals surface area contributed by atoms with Crippen LogP contribution in [-0.2, 0) is 9.53 Å². The molecule has 1 rings (SSSR count). The Hall–Kier alpha value is -1.82. The molecule has 0 aromatic carbocycles. The number of nitrogens with one attached hydrogen (secondary N) is 1. The Morgan fingerprint density at radius 3 is 2.00 bits per heavy atom. The van der Waals surface area contributed by atoms with Gasteiger partial charge in [0.25, 0.3) is 5.90 Å². The molecular weight excluding hydrogens is 176 g/mol. The molecule has 0 amide bonds. The molecule has 0 aliphatic heterocycles. The van der Waals surface area contributed by atoms with Crippen LogP contribution in [0.15, 0.2) is 29.1 Å². The van der Waals surface area contributed by atoms with Crippen LogP contribution in [0.3, 0.4) is 0 Å². The van der Waals surface area contributed by atoms with Crippen molar-refractivity contribution in [3.63, 3.8) is 0 Å². The molecule has 0 aliphatic carbocycles. The van der Waals surface area contributed by atoms with Crippen molar-refractivity contribution in [1.29, 1.82) is 5.41 Å². The predicted octanol–water partition coefficient (Wildman–Crippen LogP) is 1.14. The highest BCUT2D eigenvalue weighted by Gasteiger charge is 2.02. The van der Waals surface area contributed by atoms with Gasteiger partial charge in [-0.05, 0) is 12.1 Å². The number of furan rings is 1. The van der Waals surface area contributed by atoms with Gasteiger partial charge in [0.15, 0.2) is 0 Å². The summed E-state index contributed by atoms with van der Waals surface area (Å²) in [5.74, 6) is -2.08. The average Bonchev–Trinajstić information content (AvgIpc) is 2.59. The highest BCUT2D eigenvalue weighted by Crippen LogP contribution is 1.79. The van der Waals surface area contributed by atoms with Crippen LogP contribution in [0.25, 0.3) is 0 Å². The SMILES string of the molecule is COC(=N)C(=O)O.N.c1ccoc1. The van der Waals surface area contributed by atoms with Crippen molar-refractivity contribution in [3.05, 3.63) is 24.7 Å². The van der Waals surface area contributed by atoms with Gasteiger partial charge in [-0.3, -0.25) is 5.41 Å². The molecule has 74 valence electrons. The van der Waals surface area contributed by atoms with Crippen molar-refractivity contribution in [2.24, 2.45) is 0 Å². The molecule has 0 unspecified atom stereocenters. The Labute approximate surface area is 75.2 Å². The van der Waals surface area contributed by atoms with Gasteiger partial charge < -0.3 is 20.4 Å². The number of hydrogen-bond donors (Lipinski definition) is 3. The lowest BCUT2D eigenvalue weighted by Crippen LogP contribution is -2.12. The second kappa shape index (κ2) is 8.28. The second-order valence-corrected chi connectivity index (χ2v) is 1.63. The predicted molar refractivity (Wildman–Crippen MR) is 46.1 cm³/mol. The maximum absolute atomic E-state index is 9.58. The lowest BCUT2D eigenvalue weighted by Gasteiger charge is -1.89. The van der Waals surface area contributed by atoms with Crippen molar-refractivity contribution in [2.75, 3.05) is 7.11 Å². The zero-order chi connectivity index (χ0) is 9.40. The number of hydrogen-bond acceptors (Lipinski definition) is 5. The molecule has 0 saturated heterocycles. The summed E-state index contributed by atoms with van der Waals surface area (Å²) in [6, 6.07) is 3.67. The van der Waals surface area contributed by atoms with E-state index < -0.39 is 11.9 Å². The van der Waals surface area contributed by atoms with Crippen molar-refractivity contribution in [3.8, 4) is 0 Å². The Morgan fingerprint density at radius 2 is 1.92 bits per heavy atom. The minimum absolute atomic E-state index is 0. The summed E-state index contributed by atoms with van der Waals surface area (Å²) in [7, 11) is 1.14. The first-order chi connectivity index (χ1) is 5.68. The van der Waals surface area contributed by atoms with Crippen LogP contribution in [0.5, 0.6) is 0 Å². The fourth-order valence-corrected chi connectivity index (χ4v) is 0.314. The second-order valence-electron chi connectivity index (χ2n) is 1.63. The van der Waals surface area contributed by atoms with E-state index in [1.807, 2.05) is 12.1 Å². The smallest absolute Gasteiger partial charge is 0.391 e. The van der Waals surface area contributed by atoms with Gasteiger partial charge >= 0.3 is 5.97 Å². The minimum Gasteiger partial charge on any atom is -0.476 e. The summed E-state index contributed by atoms with van der Waals surface area (Å²) >= 11 is 0. The first kappa shape index (κ1) is 13.7. The van der Waals surface area contributed by atoms with E-state index in [-0.39, 0.29) is 6.15 Å². The molecule has 0 bridgehead atoms. The summed E-state index contributed by atoms with van der Waals surface area (Å²) in [4.78, 5) is 9.58. The van der Waals surface area contributed by atoms with Crippen molar-refractivity contribution < 1.29 is 19.1 Å². The van der Waals surface area contributed by atoms with Gasteiger partial charge in [0, 0.05) is 0 Å². The van der Waals surface area contributed by atoms with Crippen molar-refractivity contribution >= 4 is 11.9 Å². The van der Waals surface area contributed by atoms with E-state index in [0.29, 0.717) is 0 Å². The van der Waals surface area contributed by atoms with Gasteiger partial charge in [0.1, 0.15) is 0 Å². The molecule has 13 heavy (non-hydrogen) atoms. The molecule has 0 radical (unpaired) electrons. The molecule has 1 aromatic rings. The van der Waals surface area contributed by atoms with Crippen molar-refractivity contribution in [1.82, 2.24) is 6.15 Å². The Morgan fingerprint density at radius 1 is 1.46 bits per heavy atom. The molecule has 6 heteroatoms. The van der Waals surface area contributed by atoms with E-state index in [2.05, 4.69) is 9.15 Å². The molecule has 0 fully saturated rings. The highest BCUT2D eigenvalue weighted by atomic mass is 16.5. The third-order valence-corrected chi connectivity index (χ3v) is 0.824. The van der Waals surface area contributed by atoms with Crippen LogP contribution in [-0.4, -0.2) is 24.1 Å². The summed E-state index contributed by atoms with van der Waals surface area (Å²) in [5.41, 5.74) is 0. The fourth-order valence-electron chi connectivity index (χ4n) is 0.314. The van der Waals surface area contributed by atoms with Crippen molar-refractivity contribution in [2.45, 2.75) is 0 Å². The quantitative estimate of drug-likeness (QED) is 0.416. The number of rotatable bonds is 0. The Kier molecular flexibility index (Phi) is 8.75. The standard InChI is InChI=1S/C4H4O.C3H5NO3.H3N/c1-2-4-5-3-1;1-7-2(4)3(5)6;/h1-4H;4H,1H3,(H,5,6);1H3. The molecule has 5 N–H and O–H groups in total. The first-order valence-corrected chi connectivity index (χ1v) is 3.01. The number of carboxylic acid groups (broad SMARTS) is 1. The zero-order valence-corrected chi connectivity index (χ0v) is 7.19. The van der Waals surface area contributed by atoms with Gasteiger partial charge in [-0.15, -0.1) is 0 Å². The topological polar surface area (TPSA) is 119 Å².